The third-order valence-corrected chi connectivity index (χ3v) is 3.91. The van der Waals surface area contributed by atoms with Crippen LogP contribution in [0.15, 0.2) is 0 Å². The number of rotatable bonds is 23. The molecule has 0 saturated heterocycles. The molecule has 0 saturated carbocycles. The summed E-state index contributed by atoms with van der Waals surface area (Å²) in [6.07, 6.45) is 1.00. The molecule has 1 atom stereocenters. The van der Waals surface area contributed by atoms with Gasteiger partial charge in [0.1, 0.15) is 12.8 Å². The Morgan fingerprint density at radius 3 is 1.71 bits per heavy atom. The van der Waals surface area contributed by atoms with E-state index in [-0.39, 0.29) is 30.8 Å². The highest BCUT2D eigenvalue weighted by atomic mass is 19.1. The molecule has 0 aromatic rings. The van der Waals surface area contributed by atoms with E-state index in [4.69, 9.17) is 23.7 Å². The third-order valence-electron chi connectivity index (χ3n) is 3.91. The van der Waals surface area contributed by atoms with Crippen molar-refractivity contribution < 1.29 is 42.5 Å². The molecule has 0 heterocycles. The van der Waals surface area contributed by atoms with Crippen LogP contribution in [0, 0.1) is 5.92 Å². The van der Waals surface area contributed by atoms with Crippen molar-refractivity contribution in [2.24, 2.45) is 5.92 Å². The van der Waals surface area contributed by atoms with Crippen molar-refractivity contribution in [3.05, 3.63) is 0 Å². The normalized spacial score (nSPS) is 11.5. The van der Waals surface area contributed by atoms with Crippen LogP contribution in [0.4, 0.5) is 4.39 Å². The van der Waals surface area contributed by atoms with Crippen LogP contribution in [0.5, 0.6) is 0 Å². The van der Waals surface area contributed by atoms with E-state index in [1.54, 1.807) is 0 Å². The van der Waals surface area contributed by atoms with Gasteiger partial charge in [-0.2, -0.15) is 0 Å². The summed E-state index contributed by atoms with van der Waals surface area (Å²) in [7, 11) is 0. The smallest absolute Gasteiger partial charge is 0.220 e. The summed E-state index contributed by atoms with van der Waals surface area (Å²) in [4.78, 5) is 31.9. The standard InChI is InChI=1S/C16H31NO7.C7H14FNO/c1-15(2)16(19)13-24-12-11-23-10-9-22-8-7-21-6-5-20-4-3-17-14-18;1-3-4-7(10)9-5-6(2)8/h14-15H,3-13H2,1-2H3,(H,17,18);6H,3-5H2,1-2H3,(H,9,10). The Hall–Kier alpha value is -1.66. The fourth-order valence-electron chi connectivity index (χ4n) is 1.98. The Balaban J connectivity index is 0. The van der Waals surface area contributed by atoms with Gasteiger partial charge in [-0.15, -0.1) is 0 Å². The first kappa shape index (κ1) is 34.5. The van der Waals surface area contributed by atoms with Crippen LogP contribution in [0.3, 0.4) is 0 Å². The van der Waals surface area contributed by atoms with Crippen molar-refractivity contribution >= 4 is 18.1 Å². The number of hydrogen-bond acceptors (Lipinski definition) is 8. The van der Waals surface area contributed by atoms with Crippen molar-refractivity contribution in [3.63, 3.8) is 0 Å². The molecule has 0 fully saturated rings. The number of carbonyl (C=O) groups excluding carboxylic acids is 3. The van der Waals surface area contributed by atoms with Gasteiger partial charge in [0.25, 0.3) is 0 Å². The number of ketones is 1. The van der Waals surface area contributed by atoms with Crippen molar-refractivity contribution in [1.82, 2.24) is 10.6 Å². The average molecular weight is 497 g/mol. The lowest BCUT2D eigenvalue weighted by Gasteiger charge is -2.08. The highest BCUT2D eigenvalue weighted by molar-refractivity contribution is 5.81. The van der Waals surface area contributed by atoms with Gasteiger partial charge >= 0.3 is 0 Å². The van der Waals surface area contributed by atoms with E-state index in [2.05, 4.69) is 10.6 Å². The van der Waals surface area contributed by atoms with Crippen LogP contribution in [0.1, 0.15) is 40.5 Å². The summed E-state index contributed by atoms with van der Waals surface area (Å²) >= 11 is 0. The summed E-state index contributed by atoms with van der Waals surface area (Å²) < 4.78 is 38.5. The molecule has 0 aromatic heterocycles. The van der Waals surface area contributed by atoms with Gasteiger partial charge in [0.05, 0.1) is 59.5 Å². The lowest BCUT2D eigenvalue weighted by Crippen LogP contribution is -2.28. The molecule has 0 aliphatic carbocycles. The lowest BCUT2D eigenvalue weighted by molar-refractivity contribution is -0.127. The summed E-state index contributed by atoms with van der Waals surface area (Å²) in [6.45, 7) is 12.1. The largest absolute Gasteiger partial charge is 0.377 e. The second-order valence-corrected chi connectivity index (χ2v) is 7.53. The van der Waals surface area contributed by atoms with E-state index in [1.807, 2.05) is 20.8 Å². The lowest BCUT2D eigenvalue weighted by atomic mass is 10.1. The van der Waals surface area contributed by atoms with Gasteiger partial charge in [-0.25, -0.2) is 4.39 Å². The molecule has 10 nitrogen and oxygen atoms in total. The third kappa shape index (κ3) is 30.3. The van der Waals surface area contributed by atoms with Crippen LogP contribution >= 0.6 is 0 Å². The SMILES string of the molecule is CC(C)C(=O)COCCOCCOCCOCCOCCNC=O.CCCC(=O)NCC(C)F. The van der Waals surface area contributed by atoms with Gasteiger partial charge in [-0.3, -0.25) is 14.4 Å². The molecular formula is C23H45FN2O8. The molecule has 34 heavy (non-hydrogen) atoms. The monoisotopic (exact) mass is 496 g/mol. The van der Waals surface area contributed by atoms with E-state index in [0.717, 1.165) is 6.42 Å². The van der Waals surface area contributed by atoms with E-state index >= 15 is 0 Å². The Morgan fingerprint density at radius 2 is 1.29 bits per heavy atom. The molecule has 2 amide bonds. The predicted octanol–water partition coefficient (Wildman–Crippen LogP) is 1.30. The minimum atomic E-state index is -0.944. The van der Waals surface area contributed by atoms with Gasteiger partial charge < -0.3 is 34.3 Å². The van der Waals surface area contributed by atoms with Gasteiger partial charge in [-0.05, 0) is 13.3 Å². The molecule has 0 aromatic carbocycles. The topological polar surface area (TPSA) is 121 Å². The van der Waals surface area contributed by atoms with Crippen molar-refractivity contribution in [2.75, 3.05) is 79.2 Å². The molecule has 0 rings (SSSR count). The number of carbonyl (C=O) groups is 3. The summed E-state index contributed by atoms with van der Waals surface area (Å²) in [5, 5.41) is 4.97. The number of amides is 2. The number of ether oxygens (including phenoxy) is 5. The van der Waals surface area contributed by atoms with E-state index in [9.17, 15) is 18.8 Å². The van der Waals surface area contributed by atoms with Crippen LogP contribution in [-0.2, 0) is 38.1 Å². The number of Topliss-reactive ketones (excluding diaryl/α,β-unsaturated/α-hetero) is 1. The second-order valence-electron chi connectivity index (χ2n) is 7.53. The maximum absolute atomic E-state index is 12.1. The summed E-state index contributed by atoms with van der Waals surface area (Å²) in [5.41, 5.74) is 0. The van der Waals surface area contributed by atoms with Crippen LogP contribution < -0.4 is 10.6 Å². The highest BCUT2D eigenvalue weighted by Crippen LogP contribution is 1.94. The molecule has 0 radical (unpaired) electrons. The van der Waals surface area contributed by atoms with Crippen LogP contribution in [0.25, 0.3) is 0 Å². The van der Waals surface area contributed by atoms with Crippen molar-refractivity contribution in [3.8, 4) is 0 Å². The molecule has 11 heteroatoms. The minimum absolute atomic E-state index is 0.00701. The first-order valence-electron chi connectivity index (χ1n) is 11.8. The molecule has 0 aliphatic rings. The van der Waals surface area contributed by atoms with Crippen LogP contribution in [0.2, 0.25) is 0 Å². The zero-order chi connectivity index (χ0) is 25.9. The first-order chi connectivity index (χ1) is 16.3. The molecule has 202 valence electrons. The summed E-state index contributed by atoms with van der Waals surface area (Å²) in [6, 6.07) is 0. The van der Waals surface area contributed by atoms with Crippen molar-refractivity contribution in [2.45, 2.75) is 46.7 Å². The van der Waals surface area contributed by atoms with Gasteiger partial charge in [0.15, 0.2) is 5.78 Å². The second kappa shape index (κ2) is 27.6. The zero-order valence-corrected chi connectivity index (χ0v) is 21.3. The van der Waals surface area contributed by atoms with Gasteiger partial charge in [0, 0.05) is 25.4 Å². The van der Waals surface area contributed by atoms with Crippen LogP contribution in [-0.4, -0.2) is 103 Å². The van der Waals surface area contributed by atoms with Gasteiger partial charge in [0.2, 0.25) is 12.3 Å². The Labute approximate surface area is 203 Å². The van der Waals surface area contributed by atoms with Gasteiger partial charge in [-0.1, -0.05) is 20.8 Å². The minimum Gasteiger partial charge on any atom is -0.377 e. The average Bonchev–Trinajstić information content (AvgIpc) is 2.80. The fraction of sp³-hybridized carbons (Fsp3) is 0.870. The molecule has 0 spiro atoms. The molecule has 0 bridgehead atoms. The number of halogens is 1. The van der Waals surface area contributed by atoms with E-state index in [1.165, 1.54) is 6.92 Å². The van der Waals surface area contributed by atoms with E-state index in [0.29, 0.717) is 78.8 Å². The number of alkyl halides is 1. The molecule has 1 unspecified atom stereocenters. The Morgan fingerprint density at radius 1 is 0.824 bits per heavy atom. The van der Waals surface area contributed by atoms with E-state index < -0.39 is 6.17 Å². The first-order valence-corrected chi connectivity index (χ1v) is 11.8. The highest BCUT2D eigenvalue weighted by Gasteiger charge is 2.06. The number of nitrogens with one attached hydrogen (secondary N) is 2. The molecule has 0 aliphatic heterocycles. The Kier molecular flexibility index (Phi) is 28.0. The Bertz CT molecular complexity index is 482. The fourth-order valence-corrected chi connectivity index (χ4v) is 1.98. The maximum Gasteiger partial charge on any atom is 0.220 e. The molecular weight excluding hydrogens is 451 g/mol. The molecule has 2 N–H and O–H groups in total. The zero-order valence-electron chi connectivity index (χ0n) is 21.3. The number of hydrogen-bond donors (Lipinski definition) is 2. The maximum atomic E-state index is 12.1. The predicted molar refractivity (Wildman–Crippen MR) is 126 cm³/mol. The summed E-state index contributed by atoms with van der Waals surface area (Å²) in [5.74, 6) is 0.0425. The van der Waals surface area contributed by atoms with Crippen molar-refractivity contribution in [1.29, 1.82) is 0 Å². The quantitative estimate of drug-likeness (QED) is 0.160.